The van der Waals surface area contributed by atoms with E-state index < -0.39 is 12.1 Å². The highest BCUT2D eigenvalue weighted by molar-refractivity contribution is 5.77. The topological polar surface area (TPSA) is 79.6 Å². The summed E-state index contributed by atoms with van der Waals surface area (Å²) in [7, 11) is 0. The number of likely N-dealkylation sites (tertiary alicyclic amines) is 1. The maximum absolute atomic E-state index is 11.9. The molecule has 0 N–H and O–H groups in total. The normalized spacial score (nSPS) is 28.8. The summed E-state index contributed by atoms with van der Waals surface area (Å²) in [6.45, 7) is 4.02. The first-order valence-corrected chi connectivity index (χ1v) is 6.31. The van der Waals surface area contributed by atoms with Crippen molar-refractivity contribution in [1.82, 2.24) is 4.90 Å². The van der Waals surface area contributed by atoms with Gasteiger partial charge in [-0.3, -0.25) is 9.59 Å². The number of carbonyl (C=O) groups is 2. The average Bonchev–Trinajstić information content (AvgIpc) is 2.81. The molecule has 19 heavy (non-hydrogen) atoms. The van der Waals surface area contributed by atoms with E-state index in [0.29, 0.717) is 19.6 Å². The Kier molecular flexibility index (Phi) is 3.74. The van der Waals surface area contributed by atoms with Crippen LogP contribution in [0.1, 0.15) is 20.3 Å². The van der Waals surface area contributed by atoms with Crippen LogP contribution in [0.3, 0.4) is 0 Å². The Hall–Kier alpha value is -2.03. The maximum atomic E-state index is 11.9. The number of hydrogen-bond donors (Lipinski definition) is 0. The molecule has 0 saturated carbocycles. The molecule has 0 aliphatic carbocycles. The second kappa shape index (κ2) is 5.31. The van der Waals surface area contributed by atoms with Crippen molar-refractivity contribution in [2.24, 2.45) is 11.8 Å². The molecule has 1 fully saturated rings. The Morgan fingerprint density at radius 2 is 2.37 bits per heavy atom. The fourth-order valence-electron chi connectivity index (χ4n) is 2.63. The third kappa shape index (κ3) is 2.41. The summed E-state index contributed by atoms with van der Waals surface area (Å²) in [5.74, 6) is -1.06. The smallest absolute Gasteiger partial charge is 0.313 e. The SMILES string of the molecule is CCOC(=O)[C@@H]1C=C(C#N)O[C@H]2[C@H]1CCN2C(C)=O. The second-order valence-electron chi connectivity index (χ2n) is 4.59. The maximum Gasteiger partial charge on any atom is 0.313 e. The van der Waals surface area contributed by atoms with Crippen LogP contribution in [0, 0.1) is 23.2 Å². The Morgan fingerprint density at radius 3 is 2.95 bits per heavy atom. The van der Waals surface area contributed by atoms with E-state index in [9.17, 15) is 9.59 Å². The number of ether oxygens (including phenoxy) is 2. The van der Waals surface area contributed by atoms with Crippen LogP contribution in [0.2, 0.25) is 0 Å². The van der Waals surface area contributed by atoms with Crippen LogP contribution in [0.5, 0.6) is 0 Å². The van der Waals surface area contributed by atoms with Gasteiger partial charge in [0, 0.05) is 19.4 Å². The molecule has 0 aromatic rings. The largest absolute Gasteiger partial charge is 0.466 e. The molecule has 0 aromatic carbocycles. The van der Waals surface area contributed by atoms with Gasteiger partial charge in [-0.15, -0.1) is 0 Å². The summed E-state index contributed by atoms with van der Waals surface area (Å²) in [6.07, 6.45) is 1.64. The average molecular weight is 264 g/mol. The Bertz CT molecular complexity index is 466. The highest BCUT2D eigenvalue weighted by Crippen LogP contribution is 2.38. The fraction of sp³-hybridized carbons (Fsp3) is 0.615. The molecule has 3 atom stereocenters. The molecule has 0 unspecified atom stereocenters. The van der Waals surface area contributed by atoms with Crippen molar-refractivity contribution < 1.29 is 19.1 Å². The molecule has 0 radical (unpaired) electrons. The summed E-state index contributed by atoms with van der Waals surface area (Å²) >= 11 is 0. The lowest BCUT2D eigenvalue weighted by molar-refractivity contribution is -0.155. The molecule has 1 saturated heterocycles. The second-order valence-corrected chi connectivity index (χ2v) is 4.59. The fourth-order valence-corrected chi connectivity index (χ4v) is 2.63. The van der Waals surface area contributed by atoms with E-state index in [1.807, 2.05) is 6.07 Å². The van der Waals surface area contributed by atoms with Gasteiger partial charge in [-0.2, -0.15) is 5.26 Å². The Labute approximate surface area is 111 Å². The van der Waals surface area contributed by atoms with Gasteiger partial charge in [0.2, 0.25) is 5.91 Å². The van der Waals surface area contributed by atoms with E-state index in [1.54, 1.807) is 11.8 Å². The zero-order valence-corrected chi connectivity index (χ0v) is 11.0. The lowest BCUT2D eigenvalue weighted by Gasteiger charge is -2.33. The number of allylic oxidation sites excluding steroid dienone is 1. The molecule has 6 heteroatoms. The van der Waals surface area contributed by atoms with Crippen LogP contribution in [0.4, 0.5) is 0 Å². The third-order valence-corrected chi connectivity index (χ3v) is 3.49. The predicted molar refractivity (Wildman–Crippen MR) is 64.2 cm³/mol. The number of esters is 1. The molecule has 2 heterocycles. The predicted octanol–water partition coefficient (Wildman–Crippen LogP) is 0.798. The lowest BCUT2D eigenvalue weighted by atomic mass is 9.88. The van der Waals surface area contributed by atoms with Gasteiger partial charge >= 0.3 is 5.97 Å². The van der Waals surface area contributed by atoms with Crippen molar-refractivity contribution in [1.29, 1.82) is 5.26 Å². The van der Waals surface area contributed by atoms with Crippen LogP contribution in [0.25, 0.3) is 0 Å². The molecular weight excluding hydrogens is 248 g/mol. The van der Waals surface area contributed by atoms with Crippen LogP contribution >= 0.6 is 0 Å². The standard InChI is InChI=1S/C13H16N2O4/c1-3-18-13(17)11-6-9(7-14)19-12-10(11)4-5-15(12)8(2)16/h6,10-12H,3-5H2,1-2H3/t10-,11+,12-/m0/s1. The summed E-state index contributed by atoms with van der Waals surface area (Å²) in [4.78, 5) is 25.0. The number of nitrogens with zero attached hydrogens (tertiary/aromatic N) is 2. The van der Waals surface area contributed by atoms with Gasteiger partial charge in [0.25, 0.3) is 0 Å². The Balaban J connectivity index is 2.26. The molecule has 0 aromatic heterocycles. The number of nitriles is 1. The minimum atomic E-state index is -0.536. The molecule has 2 rings (SSSR count). The first-order chi connectivity index (χ1) is 9.08. The molecule has 0 spiro atoms. The monoisotopic (exact) mass is 264 g/mol. The molecule has 2 aliphatic rings. The minimum Gasteiger partial charge on any atom is -0.466 e. The number of carbonyl (C=O) groups excluding carboxylic acids is 2. The molecule has 102 valence electrons. The number of rotatable bonds is 2. The van der Waals surface area contributed by atoms with Crippen molar-refractivity contribution >= 4 is 11.9 Å². The van der Waals surface area contributed by atoms with E-state index in [2.05, 4.69) is 0 Å². The highest BCUT2D eigenvalue weighted by Gasteiger charge is 2.47. The van der Waals surface area contributed by atoms with Crippen molar-refractivity contribution in [2.75, 3.05) is 13.2 Å². The lowest BCUT2D eigenvalue weighted by Crippen LogP contribution is -2.43. The van der Waals surface area contributed by atoms with Gasteiger partial charge in [-0.1, -0.05) is 0 Å². The summed E-state index contributed by atoms with van der Waals surface area (Å²) in [5.41, 5.74) is 0. The summed E-state index contributed by atoms with van der Waals surface area (Å²) in [5, 5.41) is 8.97. The summed E-state index contributed by atoms with van der Waals surface area (Å²) in [6, 6.07) is 1.90. The van der Waals surface area contributed by atoms with E-state index in [4.69, 9.17) is 14.7 Å². The Morgan fingerprint density at radius 1 is 1.63 bits per heavy atom. The van der Waals surface area contributed by atoms with Crippen molar-refractivity contribution in [3.63, 3.8) is 0 Å². The van der Waals surface area contributed by atoms with E-state index >= 15 is 0 Å². The van der Waals surface area contributed by atoms with Crippen LogP contribution in [-0.4, -0.2) is 36.2 Å². The quantitative estimate of drug-likeness (QED) is 0.689. The molecular formula is C13H16N2O4. The number of amides is 1. The van der Waals surface area contributed by atoms with Crippen LogP contribution in [0.15, 0.2) is 11.8 Å². The number of hydrogen-bond acceptors (Lipinski definition) is 5. The van der Waals surface area contributed by atoms with Crippen LogP contribution < -0.4 is 0 Å². The van der Waals surface area contributed by atoms with E-state index in [-0.39, 0.29) is 23.6 Å². The van der Waals surface area contributed by atoms with E-state index in [0.717, 1.165) is 0 Å². The van der Waals surface area contributed by atoms with Crippen LogP contribution in [-0.2, 0) is 19.1 Å². The van der Waals surface area contributed by atoms with Crippen molar-refractivity contribution in [2.45, 2.75) is 26.5 Å². The highest BCUT2D eigenvalue weighted by atomic mass is 16.5. The summed E-state index contributed by atoms with van der Waals surface area (Å²) < 4.78 is 10.5. The molecule has 2 aliphatic heterocycles. The first kappa shape index (κ1) is 13.4. The van der Waals surface area contributed by atoms with Gasteiger partial charge in [-0.05, 0) is 19.4 Å². The van der Waals surface area contributed by atoms with Crippen molar-refractivity contribution in [3.8, 4) is 6.07 Å². The van der Waals surface area contributed by atoms with Gasteiger partial charge in [0.15, 0.2) is 12.0 Å². The van der Waals surface area contributed by atoms with Gasteiger partial charge < -0.3 is 14.4 Å². The first-order valence-electron chi connectivity index (χ1n) is 6.31. The minimum absolute atomic E-state index is 0.0763. The van der Waals surface area contributed by atoms with Crippen molar-refractivity contribution in [3.05, 3.63) is 11.8 Å². The zero-order chi connectivity index (χ0) is 14.0. The third-order valence-electron chi connectivity index (χ3n) is 3.49. The van der Waals surface area contributed by atoms with Gasteiger partial charge in [-0.25, -0.2) is 0 Å². The van der Waals surface area contributed by atoms with Gasteiger partial charge in [0.1, 0.15) is 6.07 Å². The van der Waals surface area contributed by atoms with Gasteiger partial charge in [0.05, 0.1) is 12.5 Å². The molecule has 1 amide bonds. The molecule has 0 bridgehead atoms. The number of fused-ring (bicyclic) bond motifs is 1. The molecule has 6 nitrogen and oxygen atoms in total. The van der Waals surface area contributed by atoms with E-state index in [1.165, 1.54) is 13.0 Å². The zero-order valence-electron chi connectivity index (χ0n) is 11.0.